The summed E-state index contributed by atoms with van der Waals surface area (Å²) in [5.74, 6) is 4.94. The van der Waals surface area contributed by atoms with Crippen LogP contribution in [0.15, 0.2) is 11.6 Å². The first-order valence-corrected chi connectivity index (χ1v) is 14.2. The van der Waals surface area contributed by atoms with Crippen LogP contribution < -0.4 is 0 Å². The van der Waals surface area contributed by atoms with Crippen molar-refractivity contribution in [2.75, 3.05) is 0 Å². The van der Waals surface area contributed by atoms with Crippen LogP contribution in [0.1, 0.15) is 118 Å². The minimum atomic E-state index is -0.390. The third kappa shape index (κ3) is 3.95. The zero-order valence-corrected chi connectivity index (χ0v) is 21.7. The summed E-state index contributed by atoms with van der Waals surface area (Å²) < 4.78 is 0. The zero-order valence-electron chi connectivity index (χ0n) is 21.7. The largest absolute Gasteiger partial charge is 0.389 e. The van der Waals surface area contributed by atoms with Gasteiger partial charge in [-0.3, -0.25) is 4.79 Å². The molecule has 0 aliphatic heterocycles. The SMILES string of the molecule is CCCC(C)CCC(CC)C1CCC2C3CC(O)C4=CC(=O)CCC4(CC)C3CCC12C. The Morgan fingerprint density at radius 2 is 1.84 bits per heavy atom. The lowest BCUT2D eigenvalue weighted by molar-refractivity contribution is -0.121. The summed E-state index contributed by atoms with van der Waals surface area (Å²) in [6.07, 6.45) is 17.4. The Morgan fingerprint density at radius 3 is 2.53 bits per heavy atom. The number of rotatable bonds is 8. The van der Waals surface area contributed by atoms with Gasteiger partial charge in [-0.05, 0) is 109 Å². The molecule has 0 bridgehead atoms. The van der Waals surface area contributed by atoms with Gasteiger partial charge in [-0.25, -0.2) is 0 Å². The number of carbonyl (C=O) groups excluding carboxylic acids is 1. The molecule has 0 aromatic rings. The molecule has 4 rings (SSSR count). The third-order valence-corrected chi connectivity index (χ3v) is 11.3. The number of aliphatic hydroxyl groups is 1. The van der Waals surface area contributed by atoms with E-state index in [2.05, 4.69) is 34.6 Å². The van der Waals surface area contributed by atoms with Gasteiger partial charge in [0.05, 0.1) is 6.10 Å². The molecule has 0 aromatic heterocycles. The summed E-state index contributed by atoms with van der Waals surface area (Å²) in [4.78, 5) is 12.2. The first kappa shape index (κ1) is 24.5. The molecule has 3 saturated carbocycles. The van der Waals surface area contributed by atoms with Crippen LogP contribution in [0.5, 0.6) is 0 Å². The van der Waals surface area contributed by atoms with Crippen molar-refractivity contribution >= 4 is 5.78 Å². The molecule has 0 heterocycles. The van der Waals surface area contributed by atoms with Crippen LogP contribution in [-0.4, -0.2) is 17.0 Å². The van der Waals surface area contributed by atoms with E-state index in [1.165, 1.54) is 57.8 Å². The number of fused-ring (bicyclic) bond motifs is 5. The molecule has 9 atom stereocenters. The van der Waals surface area contributed by atoms with E-state index in [1.807, 2.05) is 6.08 Å². The van der Waals surface area contributed by atoms with Gasteiger partial charge in [0.2, 0.25) is 0 Å². The number of hydrogen-bond acceptors (Lipinski definition) is 2. The first-order valence-electron chi connectivity index (χ1n) is 14.2. The Labute approximate surface area is 198 Å². The predicted molar refractivity (Wildman–Crippen MR) is 133 cm³/mol. The normalized spacial score (nSPS) is 43.1. The maximum absolute atomic E-state index is 12.2. The van der Waals surface area contributed by atoms with Crippen molar-refractivity contribution in [1.82, 2.24) is 0 Å². The zero-order chi connectivity index (χ0) is 23.1. The molecule has 0 saturated heterocycles. The highest BCUT2D eigenvalue weighted by atomic mass is 16.3. The number of hydrogen-bond donors (Lipinski definition) is 1. The van der Waals surface area contributed by atoms with Crippen LogP contribution in [0.4, 0.5) is 0 Å². The molecule has 4 aliphatic rings. The van der Waals surface area contributed by atoms with Crippen LogP contribution >= 0.6 is 0 Å². The fourth-order valence-electron chi connectivity index (χ4n) is 9.68. The predicted octanol–water partition coefficient (Wildman–Crippen LogP) is 7.74. The molecular weight excluding hydrogens is 392 g/mol. The van der Waals surface area contributed by atoms with Crippen LogP contribution in [0.2, 0.25) is 0 Å². The van der Waals surface area contributed by atoms with E-state index < -0.39 is 6.10 Å². The summed E-state index contributed by atoms with van der Waals surface area (Å²) in [7, 11) is 0. The quantitative estimate of drug-likeness (QED) is 0.417. The van der Waals surface area contributed by atoms with Crippen molar-refractivity contribution in [3.05, 3.63) is 11.6 Å². The van der Waals surface area contributed by atoms with E-state index in [9.17, 15) is 9.90 Å². The molecule has 3 fully saturated rings. The fraction of sp³-hybridized carbons (Fsp3) is 0.900. The Hall–Kier alpha value is -0.630. The van der Waals surface area contributed by atoms with E-state index in [1.54, 1.807) is 0 Å². The summed E-state index contributed by atoms with van der Waals surface area (Å²) in [5.41, 5.74) is 1.66. The van der Waals surface area contributed by atoms with E-state index in [-0.39, 0.29) is 11.2 Å². The average molecular weight is 443 g/mol. The molecule has 0 radical (unpaired) electrons. The van der Waals surface area contributed by atoms with Gasteiger partial charge in [-0.2, -0.15) is 0 Å². The van der Waals surface area contributed by atoms with Gasteiger partial charge in [-0.15, -0.1) is 0 Å². The van der Waals surface area contributed by atoms with Gasteiger partial charge in [0, 0.05) is 6.42 Å². The Kier molecular flexibility index (Phi) is 7.31. The Morgan fingerprint density at radius 1 is 1.06 bits per heavy atom. The maximum atomic E-state index is 12.2. The van der Waals surface area contributed by atoms with Crippen LogP contribution in [0.3, 0.4) is 0 Å². The lowest BCUT2D eigenvalue weighted by Crippen LogP contribution is -2.55. The summed E-state index contributed by atoms with van der Waals surface area (Å²) in [5, 5.41) is 11.3. The Balaban J connectivity index is 1.55. The minimum Gasteiger partial charge on any atom is -0.389 e. The van der Waals surface area contributed by atoms with Gasteiger partial charge in [0.25, 0.3) is 0 Å². The topological polar surface area (TPSA) is 37.3 Å². The van der Waals surface area contributed by atoms with Crippen LogP contribution in [-0.2, 0) is 4.79 Å². The van der Waals surface area contributed by atoms with Gasteiger partial charge < -0.3 is 5.11 Å². The van der Waals surface area contributed by atoms with E-state index in [0.29, 0.717) is 23.7 Å². The molecule has 2 heteroatoms. The van der Waals surface area contributed by atoms with Gasteiger partial charge in [0.1, 0.15) is 0 Å². The summed E-state index contributed by atoms with van der Waals surface area (Å²) in [6, 6.07) is 0. The molecular formula is C30H50O2. The van der Waals surface area contributed by atoms with Gasteiger partial charge in [-0.1, -0.05) is 60.3 Å². The molecule has 0 amide bonds. The lowest BCUT2D eigenvalue weighted by atomic mass is 9.45. The first-order chi connectivity index (χ1) is 15.3. The average Bonchev–Trinajstić information content (AvgIpc) is 3.12. The second-order valence-corrected chi connectivity index (χ2v) is 12.6. The van der Waals surface area contributed by atoms with Crippen molar-refractivity contribution in [3.63, 3.8) is 0 Å². The molecule has 0 spiro atoms. The summed E-state index contributed by atoms with van der Waals surface area (Å²) >= 11 is 0. The molecule has 1 N–H and O–H groups in total. The van der Waals surface area contributed by atoms with Crippen molar-refractivity contribution in [2.24, 2.45) is 46.3 Å². The molecule has 4 aliphatic carbocycles. The second-order valence-electron chi connectivity index (χ2n) is 12.6. The molecule has 2 nitrogen and oxygen atoms in total. The van der Waals surface area contributed by atoms with Crippen molar-refractivity contribution in [3.8, 4) is 0 Å². The highest BCUT2D eigenvalue weighted by Crippen LogP contribution is 2.68. The van der Waals surface area contributed by atoms with Crippen LogP contribution in [0, 0.1) is 46.3 Å². The number of ketones is 1. The maximum Gasteiger partial charge on any atom is 0.155 e. The molecule has 182 valence electrons. The second kappa shape index (κ2) is 9.55. The Bertz CT molecular complexity index is 710. The van der Waals surface area contributed by atoms with Gasteiger partial charge >= 0.3 is 0 Å². The standard InChI is InChI=1S/C30H50O2/c1-6-9-20(4)10-11-21(7-2)24-12-13-25-23-19-28(32)27-18-22(31)14-17-30(27,8-3)26(23)15-16-29(24,25)5/h18,20-21,23-26,28,32H,6-17,19H2,1-5H3. The molecule has 32 heavy (non-hydrogen) atoms. The fourth-order valence-corrected chi connectivity index (χ4v) is 9.68. The van der Waals surface area contributed by atoms with Crippen molar-refractivity contribution < 1.29 is 9.90 Å². The van der Waals surface area contributed by atoms with E-state index >= 15 is 0 Å². The molecule has 9 unspecified atom stereocenters. The smallest absolute Gasteiger partial charge is 0.155 e. The van der Waals surface area contributed by atoms with Gasteiger partial charge in [0.15, 0.2) is 5.78 Å². The monoisotopic (exact) mass is 442 g/mol. The summed E-state index contributed by atoms with van der Waals surface area (Å²) in [6.45, 7) is 12.2. The number of carbonyl (C=O) groups is 1. The minimum absolute atomic E-state index is 0.0927. The van der Waals surface area contributed by atoms with E-state index in [0.717, 1.165) is 48.5 Å². The number of aliphatic hydroxyl groups excluding tert-OH is 1. The van der Waals surface area contributed by atoms with E-state index in [4.69, 9.17) is 0 Å². The lowest BCUT2D eigenvalue weighted by Gasteiger charge is -2.60. The van der Waals surface area contributed by atoms with Crippen molar-refractivity contribution in [1.29, 1.82) is 0 Å². The molecule has 0 aromatic carbocycles. The van der Waals surface area contributed by atoms with Crippen molar-refractivity contribution in [2.45, 2.75) is 124 Å². The highest BCUT2D eigenvalue weighted by molar-refractivity contribution is 5.92. The highest BCUT2D eigenvalue weighted by Gasteiger charge is 2.61. The van der Waals surface area contributed by atoms with Crippen LogP contribution in [0.25, 0.3) is 0 Å². The third-order valence-electron chi connectivity index (χ3n) is 11.3.